The molecule has 2 saturated heterocycles. The average molecular weight is 741 g/mol. The molecule has 12 nitrogen and oxygen atoms in total. The molecule has 2 heterocycles. The van der Waals surface area contributed by atoms with E-state index >= 15 is 0 Å². The predicted molar refractivity (Wildman–Crippen MR) is 191 cm³/mol. The number of aliphatic hydroxyl groups is 6. The molecule has 300 valence electrons. The standard InChI is InChI=1S/C40H68O12/c1-20(2)22(18-49-38-36(33(45)30(17-41)51-38)52-37-35(48-7)34(46)31(47-6)19-50-37)9-8-21(3)26-16-29(44)32-24-15-28(43)27-14-23(42)10-12-39(27,4)25(24)11-13-40(26,32)5/h8-9,20-38,41-46H,10-19H2,1-7H3/b9-8+/t21-,22+,23+,24-,25+,26-,27-,28+,29-,30+,31-,32-,33+,34+,35-,36-,37+,38-,39-,40-/m1/s1. The lowest BCUT2D eigenvalue weighted by Gasteiger charge is -2.62. The number of methoxy groups -OCH3 is 2. The van der Waals surface area contributed by atoms with E-state index in [1.165, 1.54) is 14.2 Å². The monoisotopic (exact) mass is 740 g/mol. The summed E-state index contributed by atoms with van der Waals surface area (Å²) in [5, 5.41) is 65.3. The summed E-state index contributed by atoms with van der Waals surface area (Å²) in [5.74, 6) is 1.75. The molecule has 20 atom stereocenters. The Morgan fingerprint density at radius 1 is 0.808 bits per heavy atom. The molecule has 0 unspecified atom stereocenters. The largest absolute Gasteiger partial charge is 0.394 e. The highest BCUT2D eigenvalue weighted by Crippen LogP contribution is 2.68. The topological polar surface area (TPSA) is 177 Å². The fourth-order valence-corrected chi connectivity index (χ4v) is 12.0. The average Bonchev–Trinajstić information content (AvgIpc) is 3.56. The van der Waals surface area contributed by atoms with Crippen LogP contribution in [-0.4, -0.2) is 132 Å². The van der Waals surface area contributed by atoms with E-state index in [9.17, 15) is 30.6 Å². The summed E-state index contributed by atoms with van der Waals surface area (Å²) >= 11 is 0. The highest BCUT2D eigenvalue weighted by molar-refractivity contribution is 5.15. The number of ether oxygens (including phenoxy) is 6. The van der Waals surface area contributed by atoms with Gasteiger partial charge in [0.1, 0.15) is 36.6 Å². The maximum absolute atomic E-state index is 11.7. The maximum atomic E-state index is 11.7. The first-order chi connectivity index (χ1) is 24.7. The number of rotatable bonds is 12. The molecule has 0 radical (unpaired) electrons. The zero-order chi connectivity index (χ0) is 37.7. The van der Waals surface area contributed by atoms with Crippen LogP contribution in [-0.2, 0) is 28.4 Å². The van der Waals surface area contributed by atoms with Gasteiger partial charge in [0.15, 0.2) is 12.6 Å². The van der Waals surface area contributed by atoms with Crippen LogP contribution in [0.1, 0.15) is 79.6 Å². The van der Waals surface area contributed by atoms with Crippen molar-refractivity contribution in [3.63, 3.8) is 0 Å². The summed E-state index contributed by atoms with van der Waals surface area (Å²) in [6, 6.07) is 0. The molecule has 2 aliphatic heterocycles. The van der Waals surface area contributed by atoms with Crippen molar-refractivity contribution >= 4 is 0 Å². The minimum Gasteiger partial charge on any atom is -0.394 e. The van der Waals surface area contributed by atoms with Gasteiger partial charge in [-0.3, -0.25) is 0 Å². The molecule has 0 aromatic rings. The van der Waals surface area contributed by atoms with Gasteiger partial charge in [-0.05, 0) is 97.2 Å². The van der Waals surface area contributed by atoms with E-state index in [1.54, 1.807) is 0 Å². The number of aliphatic hydroxyl groups excluding tert-OH is 6. The lowest BCUT2D eigenvalue weighted by molar-refractivity contribution is -0.310. The molecule has 4 saturated carbocycles. The lowest BCUT2D eigenvalue weighted by Crippen LogP contribution is -2.59. The predicted octanol–water partition coefficient (Wildman–Crippen LogP) is 2.64. The quantitative estimate of drug-likeness (QED) is 0.162. The van der Waals surface area contributed by atoms with E-state index in [0.717, 1.165) is 32.1 Å². The third-order valence-corrected chi connectivity index (χ3v) is 15.1. The summed E-state index contributed by atoms with van der Waals surface area (Å²) < 4.78 is 35.0. The van der Waals surface area contributed by atoms with Crippen LogP contribution in [0.3, 0.4) is 0 Å². The second kappa shape index (κ2) is 16.4. The first-order valence-electron chi connectivity index (χ1n) is 20.0. The SMILES string of the molecule is CO[C@H]1[C@H](O[C@H]2[C@H](OC[C@H](/C=C/[C@@H](C)[C@H]3C[C@@H](O)[C@H]4[C@@H]5C[C@H](O)[C@H]6C[C@@H](O)CC[C@]6(C)[C@H]5CC[C@@]43C)C(C)C)O[C@@H](CO)[C@@H]2O)OC[C@@H](OC)[C@@H]1O. The van der Waals surface area contributed by atoms with Crippen LogP contribution in [0.2, 0.25) is 0 Å². The van der Waals surface area contributed by atoms with E-state index in [2.05, 4.69) is 46.8 Å². The van der Waals surface area contributed by atoms with Crippen LogP contribution < -0.4 is 0 Å². The Balaban J connectivity index is 1.11. The summed E-state index contributed by atoms with van der Waals surface area (Å²) in [6.07, 6.45) is 1.79. The fraction of sp³-hybridized carbons (Fsp3) is 0.950. The number of fused-ring (bicyclic) bond motifs is 5. The molecule has 0 bridgehead atoms. The lowest BCUT2D eigenvalue weighted by atomic mass is 9.43. The first-order valence-corrected chi connectivity index (χ1v) is 20.0. The van der Waals surface area contributed by atoms with Gasteiger partial charge in [-0.1, -0.05) is 46.8 Å². The Bertz CT molecular complexity index is 1200. The van der Waals surface area contributed by atoms with Crippen LogP contribution in [0.4, 0.5) is 0 Å². The molecule has 6 fully saturated rings. The first kappa shape index (κ1) is 40.9. The van der Waals surface area contributed by atoms with Gasteiger partial charge < -0.3 is 59.1 Å². The normalized spacial score (nSPS) is 50.6. The highest BCUT2D eigenvalue weighted by atomic mass is 16.8. The van der Waals surface area contributed by atoms with Gasteiger partial charge in [-0.25, -0.2) is 0 Å². The summed E-state index contributed by atoms with van der Waals surface area (Å²) in [6.45, 7) is 11.2. The van der Waals surface area contributed by atoms with Gasteiger partial charge in [0.05, 0.1) is 38.1 Å². The molecule has 0 aromatic carbocycles. The van der Waals surface area contributed by atoms with E-state index in [0.29, 0.717) is 24.7 Å². The summed E-state index contributed by atoms with van der Waals surface area (Å²) in [5.41, 5.74) is -0.0403. The van der Waals surface area contributed by atoms with Crippen LogP contribution in [0.15, 0.2) is 12.2 Å². The summed E-state index contributed by atoms with van der Waals surface area (Å²) in [7, 11) is 2.92. The minimum atomic E-state index is -1.19. The molecule has 6 aliphatic rings. The van der Waals surface area contributed by atoms with Crippen molar-refractivity contribution in [2.24, 2.45) is 58.2 Å². The second-order valence-corrected chi connectivity index (χ2v) is 18.1. The van der Waals surface area contributed by atoms with Crippen LogP contribution in [0.5, 0.6) is 0 Å². The molecule has 0 spiro atoms. The van der Waals surface area contributed by atoms with Crippen LogP contribution in [0.25, 0.3) is 0 Å². The molecule has 12 heteroatoms. The zero-order valence-electron chi connectivity index (χ0n) is 32.3. The highest BCUT2D eigenvalue weighted by Gasteiger charge is 2.64. The Hall–Kier alpha value is -0.740. The third kappa shape index (κ3) is 7.43. The van der Waals surface area contributed by atoms with Crippen molar-refractivity contribution in [2.75, 3.05) is 34.0 Å². The van der Waals surface area contributed by atoms with Gasteiger partial charge >= 0.3 is 0 Å². The maximum Gasteiger partial charge on any atom is 0.187 e. The van der Waals surface area contributed by atoms with Gasteiger partial charge in [0.2, 0.25) is 0 Å². The molecule has 6 rings (SSSR count). The van der Waals surface area contributed by atoms with Gasteiger partial charge in [0.25, 0.3) is 0 Å². The molecule has 0 amide bonds. The van der Waals surface area contributed by atoms with Crippen molar-refractivity contribution in [3.05, 3.63) is 12.2 Å². The van der Waals surface area contributed by atoms with Gasteiger partial charge in [-0.2, -0.15) is 0 Å². The van der Waals surface area contributed by atoms with Crippen molar-refractivity contribution in [3.8, 4) is 0 Å². The molecule has 6 N–H and O–H groups in total. The molecule has 4 aliphatic carbocycles. The van der Waals surface area contributed by atoms with Crippen molar-refractivity contribution < 1.29 is 59.1 Å². The second-order valence-electron chi connectivity index (χ2n) is 18.1. The van der Waals surface area contributed by atoms with Crippen LogP contribution in [0, 0.1) is 58.2 Å². The molecule has 0 aromatic heterocycles. The van der Waals surface area contributed by atoms with Gasteiger partial charge in [-0.15, -0.1) is 0 Å². The van der Waals surface area contributed by atoms with Crippen molar-refractivity contribution in [1.82, 2.24) is 0 Å². The van der Waals surface area contributed by atoms with E-state index in [-0.39, 0.29) is 65.7 Å². The van der Waals surface area contributed by atoms with Crippen molar-refractivity contribution in [1.29, 1.82) is 0 Å². The minimum absolute atomic E-state index is 0.000272. The number of allylic oxidation sites excluding steroid dienone is 1. The number of hydrogen-bond donors (Lipinski definition) is 6. The molecular weight excluding hydrogens is 672 g/mol. The van der Waals surface area contributed by atoms with Crippen molar-refractivity contribution in [2.45, 2.75) is 147 Å². The van der Waals surface area contributed by atoms with E-state index < -0.39 is 68.0 Å². The fourth-order valence-electron chi connectivity index (χ4n) is 12.0. The Labute approximate surface area is 310 Å². The summed E-state index contributed by atoms with van der Waals surface area (Å²) in [4.78, 5) is 0. The van der Waals surface area contributed by atoms with Gasteiger partial charge in [0, 0.05) is 20.1 Å². The van der Waals surface area contributed by atoms with E-state index in [1.807, 2.05) is 0 Å². The zero-order valence-corrected chi connectivity index (χ0v) is 32.3. The molecular formula is C40H68O12. The number of hydrogen-bond acceptors (Lipinski definition) is 12. The smallest absolute Gasteiger partial charge is 0.187 e. The third-order valence-electron chi connectivity index (χ3n) is 15.1. The Kier molecular flexibility index (Phi) is 12.9. The van der Waals surface area contributed by atoms with E-state index in [4.69, 9.17) is 28.4 Å². The Morgan fingerprint density at radius 2 is 1.54 bits per heavy atom. The Morgan fingerprint density at radius 3 is 2.21 bits per heavy atom. The molecule has 52 heavy (non-hydrogen) atoms. The van der Waals surface area contributed by atoms with Crippen LogP contribution >= 0.6 is 0 Å².